The van der Waals surface area contributed by atoms with Crippen molar-refractivity contribution < 1.29 is 2.74 Å². The molecule has 7 rings (SSSR count). The van der Waals surface area contributed by atoms with Crippen molar-refractivity contribution in [3.05, 3.63) is 107 Å². The van der Waals surface area contributed by atoms with Gasteiger partial charge in [0.25, 0.3) is 0 Å². The van der Waals surface area contributed by atoms with E-state index in [1.54, 1.807) is 0 Å². The summed E-state index contributed by atoms with van der Waals surface area (Å²) in [6.07, 6.45) is 7.60. The largest absolute Gasteiger partial charge is 0.338 e. The first-order valence-electron chi connectivity index (χ1n) is 19.3. The molecule has 3 aliphatic carbocycles. The summed E-state index contributed by atoms with van der Waals surface area (Å²) in [6.45, 7) is 18.8. The zero-order chi connectivity index (χ0) is 35.0. The third-order valence-electron chi connectivity index (χ3n) is 12.0. The minimum absolute atomic E-state index is 0.126. The second kappa shape index (κ2) is 12.0. The van der Waals surface area contributed by atoms with Crippen molar-refractivity contribution in [2.75, 3.05) is 4.90 Å². The molecular formula is C46H57N. The third-order valence-corrected chi connectivity index (χ3v) is 12.0. The van der Waals surface area contributed by atoms with E-state index in [0.717, 1.165) is 73.9 Å². The molecule has 4 aromatic carbocycles. The number of benzene rings is 4. The summed E-state index contributed by atoms with van der Waals surface area (Å²) in [7, 11) is 0. The number of hydrogen-bond donors (Lipinski definition) is 0. The number of fused-ring (bicyclic) bond motifs is 3. The van der Waals surface area contributed by atoms with E-state index in [4.69, 9.17) is 0 Å². The summed E-state index contributed by atoms with van der Waals surface area (Å²) in [5, 5.41) is 0. The quantitative estimate of drug-likeness (QED) is 0.206. The Morgan fingerprint density at radius 2 is 1.17 bits per heavy atom. The molecule has 1 heteroatoms. The Bertz CT molecular complexity index is 1840. The van der Waals surface area contributed by atoms with E-state index < -0.39 is 11.8 Å². The molecule has 0 unspecified atom stereocenters. The molecule has 4 aromatic rings. The number of rotatable bonds is 6. The molecule has 246 valence electrons. The third kappa shape index (κ3) is 5.87. The van der Waals surface area contributed by atoms with Crippen LogP contribution in [0.25, 0.3) is 22.3 Å². The van der Waals surface area contributed by atoms with Gasteiger partial charge in [0.05, 0.1) is 0 Å². The summed E-state index contributed by atoms with van der Waals surface area (Å²) < 4.78 is 20.6. The Kier molecular flexibility index (Phi) is 7.59. The van der Waals surface area contributed by atoms with Gasteiger partial charge in [-0.15, -0.1) is 0 Å². The van der Waals surface area contributed by atoms with Gasteiger partial charge in [0.15, 0.2) is 0 Å². The highest BCUT2D eigenvalue weighted by molar-refractivity contribution is 5.86. The minimum Gasteiger partial charge on any atom is -0.338 e. The van der Waals surface area contributed by atoms with E-state index in [1.165, 1.54) is 33.4 Å². The van der Waals surface area contributed by atoms with Gasteiger partial charge in [-0.2, -0.15) is 0 Å². The fourth-order valence-corrected chi connectivity index (χ4v) is 8.85. The van der Waals surface area contributed by atoms with Crippen molar-refractivity contribution in [2.24, 2.45) is 10.8 Å². The van der Waals surface area contributed by atoms with Gasteiger partial charge in [0.1, 0.15) is 0 Å². The first kappa shape index (κ1) is 29.8. The lowest BCUT2D eigenvalue weighted by atomic mass is 9.69. The fourth-order valence-electron chi connectivity index (χ4n) is 8.85. The molecule has 0 radical (unpaired) electrons. The Balaban J connectivity index is 1.50. The van der Waals surface area contributed by atoms with Crippen molar-refractivity contribution in [1.29, 1.82) is 0 Å². The summed E-state index contributed by atoms with van der Waals surface area (Å²) in [5.74, 6) is -1.39. The summed E-state index contributed by atoms with van der Waals surface area (Å²) in [6, 6.07) is 31.4. The summed E-state index contributed by atoms with van der Waals surface area (Å²) in [5.41, 5.74) is 12.7. The number of nitrogens with zero attached hydrogens (tertiary/aromatic N) is 1. The Morgan fingerprint density at radius 1 is 0.596 bits per heavy atom. The molecular weight excluding hydrogens is 567 g/mol. The average Bonchev–Trinajstić information content (AvgIpc) is 3.30. The molecule has 3 aliphatic rings. The zero-order valence-electron chi connectivity index (χ0n) is 32.3. The predicted molar refractivity (Wildman–Crippen MR) is 203 cm³/mol. The van der Waals surface area contributed by atoms with Crippen LogP contribution in [-0.2, 0) is 5.41 Å². The van der Waals surface area contributed by atoms with Gasteiger partial charge < -0.3 is 4.90 Å². The van der Waals surface area contributed by atoms with Gasteiger partial charge in [-0.05, 0) is 151 Å². The van der Waals surface area contributed by atoms with Crippen molar-refractivity contribution in [3.8, 4) is 22.3 Å². The van der Waals surface area contributed by atoms with Gasteiger partial charge in [-0.3, -0.25) is 0 Å². The van der Waals surface area contributed by atoms with Crippen molar-refractivity contribution in [2.45, 2.75) is 130 Å². The molecule has 47 heavy (non-hydrogen) atoms. The van der Waals surface area contributed by atoms with Crippen LogP contribution >= 0.6 is 0 Å². The summed E-state index contributed by atoms with van der Waals surface area (Å²) in [4.78, 5) is 2.54. The van der Waals surface area contributed by atoms with E-state index in [-0.39, 0.29) is 22.3 Å². The Hall–Kier alpha value is -3.32. The van der Waals surface area contributed by atoms with Crippen LogP contribution in [-0.4, -0.2) is 6.04 Å². The van der Waals surface area contributed by atoms with Gasteiger partial charge in [0, 0.05) is 25.6 Å². The van der Waals surface area contributed by atoms with Crippen molar-refractivity contribution in [3.63, 3.8) is 0 Å². The topological polar surface area (TPSA) is 3.24 Å². The SMILES string of the molecule is [2H]C1(c2cc3c(cc2N(c2cccc(-c4ccccc4)c2C2([2H])CCC(C)(C)CC2)C(C)C)C(C)(C)c2ccccc2-3)CCC(C)(C)CC1. The lowest BCUT2D eigenvalue weighted by Gasteiger charge is -2.41. The second-order valence-corrected chi connectivity index (χ2v) is 17.2. The number of anilines is 2. The zero-order valence-corrected chi connectivity index (χ0v) is 30.3. The first-order valence-corrected chi connectivity index (χ1v) is 18.3. The van der Waals surface area contributed by atoms with Crippen molar-refractivity contribution in [1.82, 2.24) is 0 Å². The number of hydrogen-bond acceptors (Lipinski definition) is 1. The maximum Gasteiger partial charge on any atom is 0.0454 e. The Labute approximate surface area is 288 Å². The van der Waals surface area contributed by atoms with Gasteiger partial charge in [-0.25, -0.2) is 0 Å². The van der Waals surface area contributed by atoms with E-state index >= 15 is 0 Å². The van der Waals surface area contributed by atoms with Crippen LogP contribution in [0.2, 0.25) is 0 Å². The van der Waals surface area contributed by atoms with E-state index in [1.807, 2.05) is 0 Å². The molecule has 0 aromatic heterocycles. The molecule has 2 saturated carbocycles. The molecule has 0 aliphatic heterocycles. The van der Waals surface area contributed by atoms with Gasteiger partial charge >= 0.3 is 0 Å². The van der Waals surface area contributed by atoms with Crippen LogP contribution in [0, 0.1) is 10.8 Å². The second-order valence-electron chi connectivity index (χ2n) is 17.2. The van der Waals surface area contributed by atoms with Crippen LogP contribution in [0.15, 0.2) is 84.9 Å². The standard InChI is InChI=1S/C46H57N/c1-31(2)47(41-20-14-18-35(32-15-10-9-11-16-32)43(41)34-23-27-45(5,6)28-24-34)42-30-40-38(36-17-12-13-19-39(36)46(40,7)8)29-37(42)33-21-25-44(3,4)26-22-33/h9-20,29-31,33-34H,21-28H2,1-8H3/i33D,34D. The molecule has 1 nitrogen and oxygen atoms in total. The lowest BCUT2D eigenvalue weighted by molar-refractivity contribution is 0.224. The van der Waals surface area contributed by atoms with Gasteiger partial charge in [-0.1, -0.05) is 108 Å². The van der Waals surface area contributed by atoms with Gasteiger partial charge in [0.2, 0.25) is 0 Å². The van der Waals surface area contributed by atoms with Crippen LogP contribution < -0.4 is 4.90 Å². The van der Waals surface area contributed by atoms with Crippen LogP contribution in [0.1, 0.15) is 144 Å². The molecule has 0 amide bonds. The van der Waals surface area contributed by atoms with Crippen molar-refractivity contribution >= 4 is 11.4 Å². The fraction of sp³-hybridized carbons (Fsp3) is 0.478. The minimum atomic E-state index is -0.704. The lowest BCUT2D eigenvalue weighted by Crippen LogP contribution is -2.30. The molecule has 0 atom stereocenters. The average molecular weight is 626 g/mol. The van der Waals surface area contributed by atoms with E-state index in [0.29, 0.717) is 0 Å². The maximum absolute atomic E-state index is 10.3. The molecule has 0 N–H and O–H groups in total. The normalized spacial score (nSPS) is 22.1. The van der Waals surface area contributed by atoms with Crippen LogP contribution in [0.3, 0.4) is 0 Å². The monoisotopic (exact) mass is 625 g/mol. The maximum atomic E-state index is 10.3. The molecule has 0 saturated heterocycles. The summed E-state index contributed by atoms with van der Waals surface area (Å²) >= 11 is 0. The van der Waals surface area contributed by atoms with Crippen LogP contribution in [0.5, 0.6) is 0 Å². The highest BCUT2D eigenvalue weighted by Gasteiger charge is 2.39. The smallest absolute Gasteiger partial charge is 0.0454 e. The first-order chi connectivity index (χ1) is 23.1. The molecule has 0 spiro atoms. The van der Waals surface area contributed by atoms with E-state index in [9.17, 15) is 2.74 Å². The molecule has 0 heterocycles. The van der Waals surface area contributed by atoms with E-state index in [2.05, 4.69) is 145 Å². The molecule has 0 bridgehead atoms. The predicted octanol–water partition coefficient (Wildman–Crippen LogP) is 13.6. The highest BCUT2D eigenvalue weighted by atomic mass is 15.2. The van der Waals surface area contributed by atoms with Crippen LogP contribution in [0.4, 0.5) is 11.4 Å². The molecule has 2 fully saturated rings. The highest BCUT2D eigenvalue weighted by Crippen LogP contribution is 2.55. The Morgan fingerprint density at radius 3 is 1.81 bits per heavy atom.